The largest absolute Gasteiger partial charge is 0.504 e. The first-order chi connectivity index (χ1) is 9.21. The van der Waals surface area contributed by atoms with Gasteiger partial charge in [0.05, 0.1) is 25.9 Å². The van der Waals surface area contributed by atoms with E-state index in [2.05, 4.69) is 6.07 Å². The smallest absolute Gasteiger partial charge is 0.165 e. The van der Waals surface area contributed by atoms with E-state index in [1.807, 2.05) is 0 Å². The number of hydrogen-bond acceptors (Lipinski definition) is 4. The summed E-state index contributed by atoms with van der Waals surface area (Å²) in [6.07, 6.45) is 0. The molecule has 19 heavy (non-hydrogen) atoms. The van der Waals surface area contributed by atoms with Gasteiger partial charge < -0.3 is 14.6 Å². The molecule has 2 aromatic rings. The molecule has 0 saturated heterocycles. The van der Waals surface area contributed by atoms with Gasteiger partial charge >= 0.3 is 0 Å². The number of nitriles is 1. The summed E-state index contributed by atoms with van der Waals surface area (Å²) in [6, 6.07) is 12.3. The molecule has 0 spiro atoms. The van der Waals surface area contributed by atoms with Gasteiger partial charge in [0.2, 0.25) is 0 Å². The third kappa shape index (κ3) is 2.31. The van der Waals surface area contributed by atoms with Crippen molar-refractivity contribution >= 4 is 0 Å². The van der Waals surface area contributed by atoms with Crippen molar-refractivity contribution < 1.29 is 14.6 Å². The molecule has 0 heterocycles. The summed E-state index contributed by atoms with van der Waals surface area (Å²) in [6.45, 7) is 0. The van der Waals surface area contributed by atoms with E-state index in [-0.39, 0.29) is 5.75 Å². The van der Waals surface area contributed by atoms with Gasteiger partial charge in [0.15, 0.2) is 11.5 Å². The molecule has 2 rings (SSSR count). The van der Waals surface area contributed by atoms with Crippen LogP contribution in [0.3, 0.4) is 0 Å². The van der Waals surface area contributed by atoms with E-state index in [9.17, 15) is 5.11 Å². The lowest BCUT2D eigenvalue weighted by molar-refractivity contribution is 0.374. The van der Waals surface area contributed by atoms with Crippen molar-refractivity contribution in [1.82, 2.24) is 0 Å². The van der Waals surface area contributed by atoms with E-state index in [0.29, 0.717) is 28.2 Å². The van der Waals surface area contributed by atoms with Crippen LogP contribution in [0.25, 0.3) is 11.1 Å². The molecule has 4 heteroatoms. The number of rotatable bonds is 3. The lowest BCUT2D eigenvalue weighted by Gasteiger charge is -2.12. The molecule has 0 atom stereocenters. The van der Waals surface area contributed by atoms with E-state index in [1.54, 1.807) is 43.5 Å². The zero-order valence-electron chi connectivity index (χ0n) is 10.7. The standard InChI is InChI=1S/C15H13NO3/c1-18-13-7-6-10(9-16)8-12(13)11-4-3-5-14(19-2)15(11)17/h3-8,17H,1-2H3. The Balaban J connectivity index is 2.67. The second-order valence-corrected chi connectivity index (χ2v) is 3.88. The maximum absolute atomic E-state index is 10.2. The third-order valence-corrected chi connectivity index (χ3v) is 2.84. The Kier molecular flexibility index (Phi) is 3.58. The molecule has 0 fully saturated rings. The average Bonchev–Trinajstić information content (AvgIpc) is 2.47. The van der Waals surface area contributed by atoms with E-state index in [0.717, 1.165) is 0 Å². The van der Waals surface area contributed by atoms with Gasteiger partial charge in [0, 0.05) is 11.1 Å². The average molecular weight is 255 g/mol. The predicted octanol–water partition coefficient (Wildman–Crippen LogP) is 2.95. The molecule has 2 aromatic carbocycles. The zero-order valence-corrected chi connectivity index (χ0v) is 10.7. The molecule has 0 aromatic heterocycles. The van der Waals surface area contributed by atoms with Crippen LogP contribution >= 0.6 is 0 Å². The van der Waals surface area contributed by atoms with E-state index < -0.39 is 0 Å². The fourth-order valence-electron chi connectivity index (χ4n) is 1.89. The summed E-state index contributed by atoms with van der Waals surface area (Å²) >= 11 is 0. The highest BCUT2D eigenvalue weighted by Crippen LogP contribution is 2.41. The number of ether oxygens (including phenoxy) is 2. The molecular formula is C15H13NO3. The number of methoxy groups -OCH3 is 2. The Morgan fingerprint density at radius 3 is 2.37 bits per heavy atom. The first-order valence-corrected chi connectivity index (χ1v) is 5.65. The summed E-state index contributed by atoms with van der Waals surface area (Å²) in [5.41, 5.74) is 1.71. The van der Waals surface area contributed by atoms with Gasteiger partial charge in [-0.05, 0) is 24.3 Å². The molecular weight excluding hydrogens is 242 g/mol. The Labute approximate surface area is 111 Å². The van der Waals surface area contributed by atoms with Crippen molar-refractivity contribution in [2.75, 3.05) is 14.2 Å². The van der Waals surface area contributed by atoms with Crippen LogP contribution in [-0.2, 0) is 0 Å². The minimum atomic E-state index is 0.0263. The second kappa shape index (κ2) is 5.32. The van der Waals surface area contributed by atoms with Crippen molar-refractivity contribution in [3.05, 3.63) is 42.0 Å². The topological polar surface area (TPSA) is 62.5 Å². The molecule has 0 bridgehead atoms. The van der Waals surface area contributed by atoms with Crippen molar-refractivity contribution in [2.24, 2.45) is 0 Å². The van der Waals surface area contributed by atoms with Crippen molar-refractivity contribution in [3.63, 3.8) is 0 Å². The molecule has 4 nitrogen and oxygen atoms in total. The molecule has 96 valence electrons. The zero-order chi connectivity index (χ0) is 13.8. The van der Waals surface area contributed by atoms with Gasteiger partial charge in [-0.1, -0.05) is 12.1 Å². The molecule has 0 aliphatic heterocycles. The van der Waals surface area contributed by atoms with Crippen LogP contribution < -0.4 is 9.47 Å². The number of aromatic hydroxyl groups is 1. The molecule has 0 unspecified atom stereocenters. The number of hydrogen-bond donors (Lipinski definition) is 1. The Morgan fingerprint density at radius 2 is 1.74 bits per heavy atom. The van der Waals surface area contributed by atoms with E-state index in [1.165, 1.54) is 7.11 Å². The summed E-state index contributed by atoms with van der Waals surface area (Å²) in [7, 11) is 3.03. The second-order valence-electron chi connectivity index (χ2n) is 3.88. The third-order valence-electron chi connectivity index (χ3n) is 2.84. The first-order valence-electron chi connectivity index (χ1n) is 5.65. The van der Waals surface area contributed by atoms with Crippen molar-refractivity contribution in [2.45, 2.75) is 0 Å². The SMILES string of the molecule is COc1ccc(C#N)cc1-c1cccc(OC)c1O. The Bertz CT molecular complexity index is 644. The van der Waals surface area contributed by atoms with E-state index >= 15 is 0 Å². The summed E-state index contributed by atoms with van der Waals surface area (Å²) in [5.74, 6) is 0.989. The van der Waals surface area contributed by atoms with Crippen LogP contribution in [0.5, 0.6) is 17.2 Å². The number of phenols is 1. The fraction of sp³-hybridized carbons (Fsp3) is 0.133. The maximum Gasteiger partial charge on any atom is 0.165 e. The van der Waals surface area contributed by atoms with Gasteiger partial charge in [-0.15, -0.1) is 0 Å². The fourth-order valence-corrected chi connectivity index (χ4v) is 1.89. The van der Waals surface area contributed by atoms with Gasteiger partial charge in [-0.25, -0.2) is 0 Å². The lowest BCUT2D eigenvalue weighted by atomic mass is 10.0. The highest BCUT2D eigenvalue weighted by Gasteiger charge is 2.14. The molecule has 0 radical (unpaired) electrons. The van der Waals surface area contributed by atoms with Crippen LogP contribution in [0, 0.1) is 11.3 Å². The minimum absolute atomic E-state index is 0.0263. The van der Waals surface area contributed by atoms with Crippen LogP contribution in [0.15, 0.2) is 36.4 Å². The van der Waals surface area contributed by atoms with Crippen LogP contribution in [0.2, 0.25) is 0 Å². The van der Waals surface area contributed by atoms with Crippen LogP contribution in [-0.4, -0.2) is 19.3 Å². The van der Waals surface area contributed by atoms with Gasteiger partial charge in [-0.3, -0.25) is 0 Å². The van der Waals surface area contributed by atoms with Gasteiger partial charge in [0.25, 0.3) is 0 Å². The van der Waals surface area contributed by atoms with Crippen molar-refractivity contribution in [3.8, 4) is 34.4 Å². The number of para-hydroxylation sites is 1. The minimum Gasteiger partial charge on any atom is -0.504 e. The number of phenolic OH excluding ortho intramolecular Hbond substituents is 1. The Morgan fingerprint density at radius 1 is 1.00 bits per heavy atom. The highest BCUT2D eigenvalue weighted by atomic mass is 16.5. The van der Waals surface area contributed by atoms with Gasteiger partial charge in [-0.2, -0.15) is 5.26 Å². The van der Waals surface area contributed by atoms with E-state index in [4.69, 9.17) is 14.7 Å². The normalized spacial score (nSPS) is 9.74. The Hall–Kier alpha value is -2.67. The number of nitrogens with zero attached hydrogens (tertiary/aromatic N) is 1. The predicted molar refractivity (Wildman–Crippen MR) is 71.4 cm³/mol. The molecule has 0 aliphatic carbocycles. The number of benzene rings is 2. The maximum atomic E-state index is 10.2. The summed E-state index contributed by atoms with van der Waals surface area (Å²) in [4.78, 5) is 0. The van der Waals surface area contributed by atoms with Crippen molar-refractivity contribution in [1.29, 1.82) is 5.26 Å². The first kappa shape index (κ1) is 12.8. The van der Waals surface area contributed by atoms with Crippen LogP contribution in [0.4, 0.5) is 0 Å². The monoisotopic (exact) mass is 255 g/mol. The quantitative estimate of drug-likeness (QED) is 0.915. The molecule has 0 saturated carbocycles. The van der Waals surface area contributed by atoms with Crippen LogP contribution in [0.1, 0.15) is 5.56 Å². The highest BCUT2D eigenvalue weighted by molar-refractivity contribution is 5.78. The molecule has 1 N–H and O–H groups in total. The summed E-state index contributed by atoms with van der Waals surface area (Å²) < 4.78 is 10.3. The van der Waals surface area contributed by atoms with Gasteiger partial charge in [0.1, 0.15) is 5.75 Å². The molecule has 0 amide bonds. The summed E-state index contributed by atoms with van der Waals surface area (Å²) in [5, 5.41) is 19.1. The lowest BCUT2D eigenvalue weighted by Crippen LogP contribution is -1.91. The molecule has 0 aliphatic rings.